The number of hydrogen-bond acceptors (Lipinski definition) is 7. The molecule has 0 saturated carbocycles. The molecule has 2 N–H and O–H groups in total. The molecule has 2 fully saturated rings. The number of aromatic hydroxyl groups is 1. The fourth-order valence-electron chi connectivity index (χ4n) is 4.18. The zero-order valence-electron chi connectivity index (χ0n) is 15.1. The van der Waals surface area contributed by atoms with Crippen molar-refractivity contribution in [2.45, 2.75) is 50.0 Å². The molecule has 5 rings (SSSR count). The number of alkyl halides is 1. The van der Waals surface area contributed by atoms with Gasteiger partial charge < -0.3 is 15.2 Å². The van der Waals surface area contributed by atoms with Crippen LogP contribution in [0.5, 0.6) is 11.8 Å². The Balaban J connectivity index is 1.37. The molecule has 2 aliphatic heterocycles. The van der Waals surface area contributed by atoms with Crippen molar-refractivity contribution in [3.63, 3.8) is 0 Å². The minimum Gasteiger partial charge on any atom is -0.507 e. The van der Waals surface area contributed by atoms with E-state index in [1.54, 1.807) is 18.5 Å². The molecule has 8 heteroatoms. The molecular weight excluding hydrogens is 361 g/mol. The molecule has 0 aliphatic carbocycles. The summed E-state index contributed by atoms with van der Waals surface area (Å²) in [6.07, 6.45) is 6.72. The normalized spacial score (nSPS) is 26.9. The summed E-state index contributed by atoms with van der Waals surface area (Å²) >= 11 is 0. The summed E-state index contributed by atoms with van der Waals surface area (Å²) in [5.41, 5.74) is 0.938. The van der Waals surface area contributed by atoms with Crippen LogP contribution >= 0.6 is 0 Å². The minimum atomic E-state index is -1.09. The van der Waals surface area contributed by atoms with E-state index in [1.807, 2.05) is 12.1 Å². The quantitative estimate of drug-likeness (QED) is 0.721. The molecule has 28 heavy (non-hydrogen) atoms. The predicted molar refractivity (Wildman–Crippen MR) is 101 cm³/mol. The summed E-state index contributed by atoms with van der Waals surface area (Å²) in [4.78, 5) is 8.24. The molecule has 0 amide bonds. The van der Waals surface area contributed by atoms with Gasteiger partial charge in [-0.1, -0.05) is 11.5 Å². The zero-order chi connectivity index (χ0) is 19.1. The van der Waals surface area contributed by atoms with Crippen molar-refractivity contribution in [3.8, 4) is 23.0 Å². The highest BCUT2D eigenvalue weighted by molar-refractivity contribution is 5.89. The van der Waals surface area contributed by atoms with Crippen molar-refractivity contribution in [2.75, 3.05) is 0 Å². The Morgan fingerprint density at radius 3 is 2.93 bits per heavy atom. The maximum Gasteiger partial charge on any atom is 0.336 e. The van der Waals surface area contributed by atoms with Crippen molar-refractivity contribution in [2.24, 2.45) is 0 Å². The molecule has 0 radical (unpaired) electrons. The van der Waals surface area contributed by atoms with Crippen molar-refractivity contribution in [1.29, 1.82) is 0 Å². The third-order valence-corrected chi connectivity index (χ3v) is 5.60. The molecule has 4 heterocycles. The van der Waals surface area contributed by atoms with Crippen LogP contribution in [0.3, 0.4) is 0 Å². The van der Waals surface area contributed by atoms with Crippen molar-refractivity contribution in [1.82, 2.24) is 25.5 Å². The van der Waals surface area contributed by atoms with Gasteiger partial charge in [-0.3, -0.25) is 4.98 Å². The summed E-state index contributed by atoms with van der Waals surface area (Å²) < 4.78 is 20.4. The number of nitrogens with zero attached hydrogens (tertiary/aromatic N) is 4. The van der Waals surface area contributed by atoms with Gasteiger partial charge in [0.1, 0.15) is 17.5 Å². The molecule has 2 aromatic heterocycles. The van der Waals surface area contributed by atoms with Gasteiger partial charge in [0, 0.05) is 41.8 Å². The molecule has 3 aromatic rings. The number of fused-ring (bicyclic) bond motifs is 3. The molecule has 0 unspecified atom stereocenters. The van der Waals surface area contributed by atoms with E-state index < -0.39 is 12.3 Å². The average Bonchev–Trinajstić information content (AvgIpc) is 2.72. The number of aromatic nitrogens is 4. The van der Waals surface area contributed by atoms with Gasteiger partial charge in [0.05, 0.1) is 6.20 Å². The standard InChI is InChI=1S/C20H20FN5O2/c21-19-15-3-1-2-13(24-15)8-18(19)28-20-23-10-16(25-26-20)14-6-11-4-5-22-9-12(11)7-17(14)27/h4-7,9-10,13,15,18-19,24,27H,1-3,8H2/t13-,15-,18+,19+/m0/s1. The summed E-state index contributed by atoms with van der Waals surface area (Å²) in [6, 6.07) is 5.48. The smallest absolute Gasteiger partial charge is 0.336 e. The fourth-order valence-corrected chi connectivity index (χ4v) is 4.18. The van der Waals surface area contributed by atoms with Crippen LogP contribution in [0, 0.1) is 0 Å². The molecule has 2 bridgehead atoms. The second kappa shape index (κ2) is 6.94. The number of phenolic OH excluding ortho intramolecular Hbond substituents is 1. The van der Waals surface area contributed by atoms with Gasteiger partial charge in [-0.2, -0.15) is 0 Å². The van der Waals surface area contributed by atoms with Gasteiger partial charge in [0.2, 0.25) is 0 Å². The molecule has 144 valence electrons. The van der Waals surface area contributed by atoms with Crippen molar-refractivity contribution >= 4 is 10.8 Å². The van der Waals surface area contributed by atoms with Crippen LogP contribution in [0.1, 0.15) is 25.7 Å². The summed E-state index contributed by atoms with van der Waals surface area (Å²) in [7, 11) is 0. The van der Waals surface area contributed by atoms with E-state index in [0.29, 0.717) is 17.7 Å². The first-order valence-electron chi connectivity index (χ1n) is 9.51. The highest BCUT2D eigenvalue weighted by Crippen LogP contribution is 2.32. The second-order valence-electron chi connectivity index (χ2n) is 7.46. The lowest BCUT2D eigenvalue weighted by Crippen LogP contribution is -2.59. The van der Waals surface area contributed by atoms with Gasteiger partial charge in [-0.15, -0.1) is 5.10 Å². The number of ether oxygens (including phenoxy) is 1. The number of piperidine rings is 2. The van der Waals surface area contributed by atoms with Crippen molar-refractivity contribution in [3.05, 3.63) is 36.8 Å². The van der Waals surface area contributed by atoms with Crippen LogP contribution in [0.25, 0.3) is 22.0 Å². The van der Waals surface area contributed by atoms with E-state index in [1.165, 1.54) is 6.20 Å². The first-order valence-corrected chi connectivity index (χ1v) is 9.51. The van der Waals surface area contributed by atoms with Crippen LogP contribution in [0.2, 0.25) is 0 Å². The molecular formula is C20H20FN5O2. The molecule has 4 atom stereocenters. The van der Waals surface area contributed by atoms with Gasteiger partial charge in [-0.25, -0.2) is 9.37 Å². The van der Waals surface area contributed by atoms with E-state index in [-0.39, 0.29) is 23.8 Å². The summed E-state index contributed by atoms with van der Waals surface area (Å²) in [5, 5.41) is 23.5. The molecule has 2 saturated heterocycles. The Morgan fingerprint density at radius 2 is 2.07 bits per heavy atom. The Morgan fingerprint density at radius 1 is 1.14 bits per heavy atom. The molecule has 0 spiro atoms. The van der Waals surface area contributed by atoms with Crippen LogP contribution < -0.4 is 10.1 Å². The van der Waals surface area contributed by atoms with Gasteiger partial charge in [0.15, 0.2) is 6.17 Å². The van der Waals surface area contributed by atoms with Gasteiger partial charge in [0.25, 0.3) is 0 Å². The van der Waals surface area contributed by atoms with Crippen LogP contribution in [0.15, 0.2) is 36.8 Å². The van der Waals surface area contributed by atoms with E-state index in [2.05, 4.69) is 25.5 Å². The lowest BCUT2D eigenvalue weighted by Gasteiger charge is -2.42. The van der Waals surface area contributed by atoms with Crippen LogP contribution in [-0.2, 0) is 0 Å². The first kappa shape index (κ1) is 17.2. The minimum absolute atomic E-state index is 0.0563. The number of pyridine rings is 1. The maximum absolute atomic E-state index is 14.6. The lowest BCUT2D eigenvalue weighted by atomic mass is 9.84. The van der Waals surface area contributed by atoms with E-state index in [4.69, 9.17) is 4.74 Å². The molecule has 7 nitrogen and oxygen atoms in total. The SMILES string of the molecule is Oc1cc2cnccc2cc1-c1cnc(O[C@@H]2C[C@@H]3CCC[C@H](N3)[C@H]2F)nn1. The number of benzene rings is 1. The number of phenols is 1. The molecule has 2 aliphatic rings. The number of nitrogens with one attached hydrogen (secondary N) is 1. The predicted octanol–water partition coefficient (Wildman–Crippen LogP) is 2.79. The topological polar surface area (TPSA) is 93.1 Å². The Labute approximate surface area is 161 Å². The first-order chi connectivity index (χ1) is 13.7. The van der Waals surface area contributed by atoms with Crippen LogP contribution in [-0.4, -0.2) is 49.6 Å². The lowest BCUT2D eigenvalue weighted by molar-refractivity contribution is 0.00387. The second-order valence-corrected chi connectivity index (χ2v) is 7.46. The highest BCUT2D eigenvalue weighted by atomic mass is 19.1. The fraction of sp³-hybridized carbons (Fsp3) is 0.400. The van der Waals surface area contributed by atoms with E-state index >= 15 is 0 Å². The van der Waals surface area contributed by atoms with Crippen molar-refractivity contribution < 1.29 is 14.2 Å². The van der Waals surface area contributed by atoms with E-state index in [0.717, 1.165) is 30.0 Å². The number of halogens is 1. The Hall–Kier alpha value is -2.87. The third kappa shape index (κ3) is 3.13. The molecule has 1 aromatic carbocycles. The Bertz CT molecular complexity index is 1000. The van der Waals surface area contributed by atoms with E-state index in [9.17, 15) is 9.50 Å². The maximum atomic E-state index is 14.6. The van der Waals surface area contributed by atoms with Gasteiger partial charge >= 0.3 is 6.01 Å². The Kier molecular flexibility index (Phi) is 4.27. The van der Waals surface area contributed by atoms with Gasteiger partial charge in [-0.05, 0) is 36.4 Å². The number of rotatable bonds is 3. The largest absolute Gasteiger partial charge is 0.507 e. The number of hydrogen-bond donors (Lipinski definition) is 2. The summed E-state index contributed by atoms with van der Waals surface area (Å²) in [6.45, 7) is 0. The average molecular weight is 381 g/mol. The summed E-state index contributed by atoms with van der Waals surface area (Å²) in [5.74, 6) is 0.0697. The monoisotopic (exact) mass is 381 g/mol. The zero-order valence-corrected chi connectivity index (χ0v) is 15.1. The third-order valence-electron chi connectivity index (χ3n) is 5.60. The highest BCUT2D eigenvalue weighted by Gasteiger charge is 2.41. The van der Waals surface area contributed by atoms with Crippen LogP contribution in [0.4, 0.5) is 4.39 Å².